The molecule has 36 heavy (non-hydrogen) atoms. The van der Waals surface area contributed by atoms with Crippen molar-refractivity contribution >= 4 is 39.9 Å². The lowest BCUT2D eigenvalue weighted by Crippen LogP contribution is -2.23. The van der Waals surface area contributed by atoms with Crippen LogP contribution in [0.2, 0.25) is 0 Å². The number of carbonyl (C=O) groups is 1. The molecule has 0 radical (unpaired) electrons. The molecule has 0 spiro atoms. The van der Waals surface area contributed by atoms with Crippen molar-refractivity contribution in [3.05, 3.63) is 92.3 Å². The Morgan fingerprint density at radius 3 is 2.56 bits per heavy atom. The van der Waals surface area contributed by atoms with Crippen LogP contribution in [0.15, 0.2) is 70.6 Å². The molecule has 1 heterocycles. The van der Waals surface area contributed by atoms with Crippen molar-refractivity contribution in [3.8, 4) is 11.4 Å². The van der Waals surface area contributed by atoms with Crippen LogP contribution in [0.3, 0.4) is 0 Å². The lowest BCUT2D eigenvalue weighted by atomic mass is 10.1. The fourth-order valence-corrected chi connectivity index (χ4v) is 4.56. The molecule has 1 N–H and O–H groups in total. The van der Waals surface area contributed by atoms with Crippen molar-refractivity contribution in [2.24, 2.45) is 0 Å². The van der Waals surface area contributed by atoms with E-state index in [1.807, 2.05) is 24.3 Å². The highest BCUT2D eigenvalue weighted by molar-refractivity contribution is 7.99. The quantitative estimate of drug-likeness (QED) is 0.157. The summed E-state index contributed by atoms with van der Waals surface area (Å²) in [5.74, 6) is -0.334. The number of amides is 1. The summed E-state index contributed by atoms with van der Waals surface area (Å²) in [6.45, 7) is 3.72. The molecule has 10 heteroatoms. The second-order valence-electron chi connectivity index (χ2n) is 8.01. The molecule has 4 rings (SSSR count). The van der Waals surface area contributed by atoms with Crippen molar-refractivity contribution in [3.63, 3.8) is 0 Å². The number of nitro groups is 1. The molecule has 9 nitrogen and oxygen atoms in total. The molecule has 0 aliphatic rings. The third-order valence-electron chi connectivity index (χ3n) is 5.68. The van der Waals surface area contributed by atoms with Crippen molar-refractivity contribution in [1.82, 2.24) is 9.55 Å². The second kappa shape index (κ2) is 10.6. The van der Waals surface area contributed by atoms with Crippen LogP contribution in [0, 0.1) is 17.0 Å². The van der Waals surface area contributed by atoms with E-state index in [1.54, 1.807) is 31.2 Å². The molecular weight excluding hydrogens is 480 g/mol. The SMILES string of the molecule is CCc1ccc(-n2c(SCC(=O)Nc3cc(OC)c([N+](=O)[O-])cc3C)nc3ccccc3c2=O)cc1. The largest absolute Gasteiger partial charge is 0.490 e. The molecule has 0 unspecified atom stereocenters. The zero-order valence-electron chi connectivity index (χ0n) is 20.0. The van der Waals surface area contributed by atoms with Crippen LogP contribution in [-0.2, 0) is 11.2 Å². The number of hydrogen-bond acceptors (Lipinski definition) is 7. The predicted octanol–water partition coefficient (Wildman–Crippen LogP) is 4.90. The molecule has 0 aliphatic carbocycles. The molecule has 0 fully saturated rings. The van der Waals surface area contributed by atoms with E-state index in [2.05, 4.69) is 17.2 Å². The highest BCUT2D eigenvalue weighted by Crippen LogP contribution is 2.33. The van der Waals surface area contributed by atoms with E-state index in [9.17, 15) is 19.7 Å². The minimum absolute atomic E-state index is 0.0312. The monoisotopic (exact) mass is 504 g/mol. The average molecular weight is 505 g/mol. The van der Waals surface area contributed by atoms with Crippen LogP contribution < -0.4 is 15.6 Å². The van der Waals surface area contributed by atoms with Crippen LogP contribution in [0.4, 0.5) is 11.4 Å². The summed E-state index contributed by atoms with van der Waals surface area (Å²) in [6.07, 6.45) is 0.875. The minimum atomic E-state index is -0.537. The van der Waals surface area contributed by atoms with Gasteiger partial charge in [0.25, 0.3) is 5.56 Å². The number of aromatic nitrogens is 2. The molecule has 0 saturated heterocycles. The van der Waals surface area contributed by atoms with Gasteiger partial charge in [0.2, 0.25) is 5.91 Å². The molecular formula is C26H24N4O5S. The summed E-state index contributed by atoms with van der Waals surface area (Å²) in [7, 11) is 1.33. The van der Waals surface area contributed by atoms with Gasteiger partial charge in [-0.1, -0.05) is 43.0 Å². The lowest BCUT2D eigenvalue weighted by Gasteiger charge is -2.14. The minimum Gasteiger partial charge on any atom is -0.490 e. The highest BCUT2D eigenvalue weighted by atomic mass is 32.2. The first-order valence-electron chi connectivity index (χ1n) is 11.2. The first-order chi connectivity index (χ1) is 17.3. The molecule has 0 atom stereocenters. The Balaban J connectivity index is 1.64. The number of thioether (sulfide) groups is 1. The maximum atomic E-state index is 13.4. The summed E-state index contributed by atoms with van der Waals surface area (Å²) < 4.78 is 6.62. The van der Waals surface area contributed by atoms with E-state index in [0.717, 1.165) is 23.7 Å². The van der Waals surface area contributed by atoms with Crippen LogP contribution in [0.5, 0.6) is 5.75 Å². The third-order valence-corrected chi connectivity index (χ3v) is 6.62. The van der Waals surface area contributed by atoms with E-state index >= 15 is 0 Å². The summed E-state index contributed by atoms with van der Waals surface area (Å²) in [4.78, 5) is 41.6. The van der Waals surface area contributed by atoms with Crippen molar-refractivity contribution in [2.75, 3.05) is 18.2 Å². The number of fused-ring (bicyclic) bond motifs is 1. The summed E-state index contributed by atoms with van der Waals surface area (Å²) in [5.41, 5.74) is 2.88. The van der Waals surface area contributed by atoms with Crippen LogP contribution in [0.1, 0.15) is 18.1 Å². The van der Waals surface area contributed by atoms with Gasteiger partial charge in [-0.15, -0.1) is 0 Å². The Labute approximate surface area is 211 Å². The first-order valence-corrected chi connectivity index (χ1v) is 12.2. The first kappa shape index (κ1) is 24.9. The smallest absolute Gasteiger partial charge is 0.311 e. The van der Waals surface area contributed by atoms with E-state index in [4.69, 9.17) is 4.74 Å². The molecule has 0 saturated carbocycles. The summed E-state index contributed by atoms with van der Waals surface area (Å²) >= 11 is 1.13. The van der Waals surface area contributed by atoms with Gasteiger partial charge in [0, 0.05) is 17.8 Å². The fourth-order valence-electron chi connectivity index (χ4n) is 3.75. The maximum Gasteiger partial charge on any atom is 0.311 e. The lowest BCUT2D eigenvalue weighted by molar-refractivity contribution is -0.385. The molecule has 4 aromatic rings. The molecule has 1 aromatic heterocycles. The number of methoxy groups -OCH3 is 1. The van der Waals surface area contributed by atoms with E-state index in [0.29, 0.717) is 33.0 Å². The number of nitrogens with one attached hydrogen (secondary N) is 1. The van der Waals surface area contributed by atoms with E-state index in [1.165, 1.54) is 23.8 Å². The molecule has 0 bridgehead atoms. The number of rotatable bonds is 8. The number of hydrogen-bond donors (Lipinski definition) is 1. The Bertz CT molecular complexity index is 1520. The van der Waals surface area contributed by atoms with Gasteiger partial charge in [-0.05, 0) is 48.7 Å². The van der Waals surface area contributed by atoms with E-state index < -0.39 is 4.92 Å². The van der Waals surface area contributed by atoms with Gasteiger partial charge in [-0.25, -0.2) is 4.98 Å². The maximum absolute atomic E-state index is 13.4. The molecule has 1 amide bonds. The third kappa shape index (κ3) is 5.08. The normalized spacial score (nSPS) is 10.9. The second-order valence-corrected chi connectivity index (χ2v) is 8.95. The van der Waals surface area contributed by atoms with Gasteiger partial charge in [0.1, 0.15) is 0 Å². The average Bonchev–Trinajstić information content (AvgIpc) is 2.88. The number of anilines is 1. The Morgan fingerprint density at radius 2 is 1.89 bits per heavy atom. The van der Waals surface area contributed by atoms with Gasteiger partial charge in [-0.2, -0.15) is 0 Å². The van der Waals surface area contributed by atoms with Crippen molar-refractivity contribution < 1.29 is 14.5 Å². The van der Waals surface area contributed by atoms with Crippen molar-refractivity contribution in [1.29, 1.82) is 0 Å². The number of aryl methyl sites for hydroxylation is 2. The number of nitrogens with zero attached hydrogens (tertiary/aromatic N) is 3. The van der Waals surface area contributed by atoms with Gasteiger partial charge in [0.05, 0.1) is 34.4 Å². The number of carbonyl (C=O) groups excluding carboxylic acids is 1. The summed E-state index contributed by atoms with van der Waals surface area (Å²) in [6, 6.07) is 17.5. The molecule has 184 valence electrons. The van der Waals surface area contributed by atoms with Gasteiger partial charge < -0.3 is 10.1 Å². The summed E-state index contributed by atoms with van der Waals surface area (Å²) in [5, 5.41) is 14.9. The standard InChI is InChI=1S/C26H24N4O5S/c1-4-17-9-11-18(12-10-17)29-25(32)19-7-5-6-8-20(19)28-26(29)36-15-24(31)27-21-14-23(35-3)22(30(33)34)13-16(21)2/h5-14H,4,15H2,1-3H3,(H,27,31). The van der Waals surface area contributed by atoms with E-state index in [-0.39, 0.29) is 28.7 Å². The Hall–Kier alpha value is -4.18. The van der Waals surface area contributed by atoms with Gasteiger partial charge in [-0.3, -0.25) is 24.3 Å². The van der Waals surface area contributed by atoms with Crippen molar-refractivity contribution in [2.45, 2.75) is 25.4 Å². The van der Waals surface area contributed by atoms with Gasteiger partial charge in [0.15, 0.2) is 10.9 Å². The number of nitro benzene ring substituents is 1. The Kier molecular flexibility index (Phi) is 7.35. The van der Waals surface area contributed by atoms with Crippen LogP contribution in [0.25, 0.3) is 16.6 Å². The predicted molar refractivity (Wildman–Crippen MR) is 140 cm³/mol. The van der Waals surface area contributed by atoms with Crippen LogP contribution in [-0.4, -0.2) is 33.2 Å². The number of para-hydroxylation sites is 1. The topological polar surface area (TPSA) is 116 Å². The number of ether oxygens (including phenoxy) is 1. The fraction of sp³-hybridized carbons (Fsp3) is 0.192. The Morgan fingerprint density at radius 1 is 1.17 bits per heavy atom. The number of benzene rings is 3. The highest BCUT2D eigenvalue weighted by Gasteiger charge is 2.19. The van der Waals surface area contributed by atoms with Crippen LogP contribution >= 0.6 is 11.8 Å². The van der Waals surface area contributed by atoms with Gasteiger partial charge >= 0.3 is 5.69 Å². The molecule has 0 aliphatic heterocycles. The zero-order chi connectivity index (χ0) is 25.8. The molecule has 3 aromatic carbocycles. The zero-order valence-corrected chi connectivity index (χ0v) is 20.8.